The molecule has 0 aliphatic carbocycles. The number of amides is 1. The molecule has 0 aliphatic rings. The molecule has 1 amide bonds. The molecule has 1 unspecified atom stereocenters. The van der Waals surface area contributed by atoms with E-state index < -0.39 is 0 Å². The molecule has 0 aliphatic heterocycles. The van der Waals surface area contributed by atoms with Crippen LogP contribution in [0.4, 0.5) is 0 Å². The van der Waals surface area contributed by atoms with Gasteiger partial charge in [-0.1, -0.05) is 131 Å². The molecule has 1 aromatic heterocycles. The van der Waals surface area contributed by atoms with Crippen LogP contribution in [0.2, 0.25) is 0 Å². The third-order valence-electron chi connectivity index (χ3n) is 6.93. The summed E-state index contributed by atoms with van der Waals surface area (Å²) in [5.41, 5.74) is 3.46. The summed E-state index contributed by atoms with van der Waals surface area (Å²) in [5, 5.41) is 13.0. The fraction of sp³-hybridized carbons (Fsp3) is 0.531. The van der Waals surface area contributed by atoms with E-state index in [9.17, 15) is 4.79 Å². The normalized spacial score (nSPS) is 12.0. The number of nitrogens with one attached hydrogen (secondary N) is 1. The summed E-state index contributed by atoms with van der Waals surface area (Å²) in [6.07, 6.45) is 14.7. The predicted octanol–water partition coefficient (Wildman–Crippen LogP) is 8.75. The average molecular weight is 535 g/mol. The van der Waals surface area contributed by atoms with Gasteiger partial charge in [-0.2, -0.15) is 0 Å². The zero-order chi connectivity index (χ0) is 27.0. The highest BCUT2D eigenvalue weighted by molar-refractivity contribution is 7.98. The number of carbonyl (C=O) groups excluding carboxylic acids is 1. The molecular weight excluding hydrogens is 488 g/mol. The number of rotatable bonds is 18. The van der Waals surface area contributed by atoms with Crippen molar-refractivity contribution < 1.29 is 4.79 Å². The summed E-state index contributed by atoms with van der Waals surface area (Å²) in [6.45, 7) is 6.35. The molecular formula is C32H46N4OS. The summed E-state index contributed by atoms with van der Waals surface area (Å²) in [5.74, 6) is 1.66. The monoisotopic (exact) mass is 534 g/mol. The topological polar surface area (TPSA) is 59.8 Å². The van der Waals surface area contributed by atoms with Gasteiger partial charge in [-0.15, -0.1) is 10.2 Å². The first-order chi connectivity index (χ1) is 18.6. The SMILES string of the molecule is CCCCCCCCCCCCCC(=O)NC(C)c1nnc(SCc2ccccc2)n1-c1ccc(C)cc1. The van der Waals surface area contributed by atoms with Crippen LogP contribution in [0.1, 0.15) is 114 Å². The third-order valence-corrected chi connectivity index (χ3v) is 7.93. The minimum Gasteiger partial charge on any atom is -0.346 e. The maximum absolute atomic E-state index is 12.7. The largest absolute Gasteiger partial charge is 0.346 e. The van der Waals surface area contributed by atoms with E-state index in [1.54, 1.807) is 11.8 Å². The van der Waals surface area contributed by atoms with E-state index in [2.05, 4.69) is 82.5 Å². The molecule has 206 valence electrons. The van der Waals surface area contributed by atoms with E-state index in [1.807, 2.05) is 13.0 Å². The van der Waals surface area contributed by atoms with Gasteiger partial charge in [0.1, 0.15) is 0 Å². The fourth-order valence-corrected chi connectivity index (χ4v) is 5.56. The molecule has 6 heteroatoms. The minimum absolute atomic E-state index is 0.0883. The molecule has 0 spiro atoms. The Morgan fingerprint density at radius 1 is 0.842 bits per heavy atom. The molecule has 1 heterocycles. The quantitative estimate of drug-likeness (QED) is 0.131. The Morgan fingerprint density at radius 2 is 1.45 bits per heavy atom. The predicted molar refractivity (Wildman–Crippen MR) is 160 cm³/mol. The first-order valence-corrected chi connectivity index (χ1v) is 15.6. The van der Waals surface area contributed by atoms with E-state index >= 15 is 0 Å². The summed E-state index contributed by atoms with van der Waals surface area (Å²) in [6, 6.07) is 18.5. The standard InChI is InChI=1S/C32H46N4OS/c1-4-5-6-7-8-9-10-11-12-13-17-20-30(37)33-27(3)31-34-35-32(38-25-28-18-15-14-16-19-28)36(31)29-23-21-26(2)22-24-29/h14-16,18-19,21-24,27H,4-13,17,20,25H2,1-3H3,(H,33,37). The molecule has 38 heavy (non-hydrogen) atoms. The van der Waals surface area contributed by atoms with Gasteiger partial charge in [0.25, 0.3) is 0 Å². The lowest BCUT2D eigenvalue weighted by molar-refractivity contribution is -0.121. The van der Waals surface area contributed by atoms with Crippen LogP contribution in [0.25, 0.3) is 5.69 Å². The van der Waals surface area contributed by atoms with Crippen molar-refractivity contribution in [3.8, 4) is 5.69 Å². The zero-order valence-electron chi connectivity index (χ0n) is 23.6. The van der Waals surface area contributed by atoms with Crippen molar-refractivity contribution in [1.29, 1.82) is 0 Å². The van der Waals surface area contributed by atoms with Gasteiger partial charge in [-0.05, 0) is 38.0 Å². The number of aromatic nitrogens is 3. The van der Waals surface area contributed by atoms with Crippen molar-refractivity contribution in [2.45, 2.75) is 115 Å². The minimum atomic E-state index is -0.227. The number of carbonyl (C=O) groups is 1. The Hall–Kier alpha value is -2.60. The van der Waals surface area contributed by atoms with E-state index in [0.717, 1.165) is 35.3 Å². The van der Waals surface area contributed by atoms with Crippen molar-refractivity contribution in [2.24, 2.45) is 0 Å². The summed E-state index contributed by atoms with van der Waals surface area (Å²) in [7, 11) is 0. The molecule has 0 radical (unpaired) electrons. The van der Waals surface area contributed by atoms with Crippen LogP contribution < -0.4 is 5.32 Å². The number of thioether (sulfide) groups is 1. The summed E-state index contributed by atoms with van der Waals surface area (Å²) < 4.78 is 2.08. The lowest BCUT2D eigenvalue weighted by Crippen LogP contribution is -2.28. The smallest absolute Gasteiger partial charge is 0.220 e. The first-order valence-electron chi connectivity index (χ1n) is 14.6. The number of unbranched alkanes of at least 4 members (excludes halogenated alkanes) is 10. The number of nitrogens with zero attached hydrogens (tertiary/aromatic N) is 3. The van der Waals surface area contributed by atoms with Gasteiger partial charge in [0.15, 0.2) is 11.0 Å². The van der Waals surface area contributed by atoms with Crippen molar-refractivity contribution in [1.82, 2.24) is 20.1 Å². The van der Waals surface area contributed by atoms with Gasteiger partial charge >= 0.3 is 0 Å². The van der Waals surface area contributed by atoms with Crippen molar-refractivity contribution in [2.75, 3.05) is 0 Å². The number of hydrogen-bond donors (Lipinski definition) is 1. The first kappa shape index (κ1) is 29.9. The van der Waals surface area contributed by atoms with Crippen molar-refractivity contribution in [3.05, 3.63) is 71.5 Å². The molecule has 1 atom stereocenters. The molecule has 0 saturated heterocycles. The van der Waals surface area contributed by atoms with E-state index in [-0.39, 0.29) is 11.9 Å². The Bertz CT molecular complexity index is 1060. The van der Waals surface area contributed by atoms with Gasteiger partial charge in [-0.25, -0.2) is 0 Å². The Labute approximate surface area is 234 Å². The molecule has 2 aromatic carbocycles. The Kier molecular flexibility index (Phi) is 13.5. The Morgan fingerprint density at radius 3 is 2.08 bits per heavy atom. The summed E-state index contributed by atoms with van der Waals surface area (Å²) >= 11 is 1.66. The van der Waals surface area contributed by atoms with Gasteiger partial charge < -0.3 is 5.32 Å². The second-order valence-electron chi connectivity index (χ2n) is 10.4. The average Bonchev–Trinajstić information content (AvgIpc) is 3.36. The highest BCUT2D eigenvalue weighted by Gasteiger charge is 2.21. The van der Waals surface area contributed by atoms with Crippen molar-refractivity contribution in [3.63, 3.8) is 0 Å². The van der Waals surface area contributed by atoms with Crippen LogP contribution >= 0.6 is 11.8 Å². The molecule has 3 rings (SSSR count). The lowest BCUT2D eigenvalue weighted by atomic mass is 10.1. The highest BCUT2D eigenvalue weighted by Crippen LogP contribution is 2.28. The van der Waals surface area contributed by atoms with Gasteiger partial charge in [0, 0.05) is 17.9 Å². The van der Waals surface area contributed by atoms with Gasteiger partial charge in [0.2, 0.25) is 5.91 Å². The second-order valence-corrected chi connectivity index (χ2v) is 11.3. The van der Waals surface area contributed by atoms with Crippen LogP contribution in [0.5, 0.6) is 0 Å². The van der Waals surface area contributed by atoms with Crippen LogP contribution in [0, 0.1) is 6.92 Å². The second kappa shape index (κ2) is 17.1. The molecule has 0 bridgehead atoms. The maximum atomic E-state index is 12.7. The van der Waals surface area contributed by atoms with E-state index in [0.29, 0.717) is 6.42 Å². The summed E-state index contributed by atoms with van der Waals surface area (Å²) in [4.78, 5) is 12.7. The fourth-order valence-electron chi connectivity index (χ4n) is 4.64. The highest BCUT2D eigenvalue weighted by atomic mass is 32.2. The van der Waals surface area contributed by atoms with Crippen molar-refractivity contribution >= 4 is 17.7 Å². The molecule has 1 N–H and O–H groups in total. The molecule has 0 fully saturated rings. The lowest BCUT2D eigenvalue weighted by Gasteiger charge is -2.16. The maximum Gasteiger partial charge on any atom is 0.220 e. The number of aryl methyl sites for hydroxylation is 1. The van der Waals surface area contributed by atoms with E-state index in [4.69, 9.17) is 0 Å². The third kappa shape index (κ3) is 10.3. The van der Waals surface area contributed by atoms with Crippen LogP contribution in [-0.4, -0.2) is 20.7 Å². The van der Waals surface area contributed by atoms with E-state index in [1.165, 1.54) is 68.9 Å². The van der Waals surface area contributed by atoms with Gasteiger partial charge in [0.05, 0.1) is 6.04 Å². The Balaban J connectivity index is 1.48. The van der Waals surface area contributed by atoms with Crippen LogP contribution in [-0.2, 0) is 10.5 Å². The van der Waals surface area contributed by atoms with Gasteiger partial charge in [-0.3, -0.25) is 9.36 Å². The van der Waals surface area contributed by atoms with Crippen LogP contribution in [0.15, 0.2) is 59.8 Å². The number of hydrogen-bond acceptors (Lipinski definition) is 4. The zero-order valence-corrected chi connectivity index (χ0v) is 24.4. The number of benzene rings is 2. The molecule has 3 aromatic rings. The van der Waals surface area contributed by atoms with Crippen LogP contribution in [0.3, 0.4) is 0 Å². The molecule has 5 nitrogen and oxygen atoms in total. The molecule has 0 saturated carbocycles.